The molecule has 0 spiro atoms. The van der Waals surface area contributed by atoms with Crippen molar-refractivity contribution in [2.24, 2.45) is 0 Å². The quantitative estimate of drug-likeness (QED) is 0.661. The average molecular weight is 283 g/mol. The van der Waals surface area contributed by atoms with E-state index in [9.17, 15) is 4.39 Å². The minimum absolute atomic E-state index is 0.251. The maximum Gasteiger partial charge on any atom is 0.123 e. The average Bonchev–Trinajstić information content (AvgIpc) is 2.86. The fraction of sp³-hybridized carbons (Fsp3) is 0.222. The summed E-state index contributed by atoms with van der Waals surface area (Å²) in [5.74, 6) is 0.427. The molecule has 21 heavy (non-hydrogen) atoms. The minimum Gasteiger partial charge on any atom is -0.489 e. The third-order valence-electron chi connectivity index (χ3n) is 3.59. The zero-order valence-electron chi connectivity index (χ0n) is 12.2. The van der Waals surface area contributed by atoms with Gasteiger partial charge in [-0.3, -0.25) is 0 Å². The molecule has 0 amide bonds. The molecule has 0 aliphatic heterocycles. The number of benzene rings is 2. The van der Waals surface area contributed by atoms with Crippen LogP contribution in [-0.4, -0.2) is 4.57 Å². The Kier molecular flexibility index (Phi) is 3.65. The van der Waals surface area contributed by atoms with Crippen molar-refractivity contribution in [3.8, 4) is 5.75 Å². The Hall–Kier alpha value is -2.29. The van der Waals surface area contributed by atoms with Gasteiger partial charge in [-0.1, -0.05) is 18.2 Å². The van der Waals surface area contributed by atoms with Crippen LogP contribution in [0.25, 0.3) is 10.9 Å². The largest absolute Gasteiger partial charge is 0.489 e. The fourth-order valence-corrected chi connectivity index (χ4v) is 2.51. The van der Waals surface area contributed by atoms with Crippen molar-refractivity contribution in [1.82, 2.24) is 4.57 Å². The van der Waals surface area contributed by atoms with Crippen LogP contribution in [0, 0.1) is 5.82 Å². The summed E-state index contributed by atoms with van der Waals surface area (Å²) < 4.78 is 20.9. The Morgan fingerprint density at radius 3 is 2.48 bits per heavy atom. The van der Waals surface area contributed by atoms with Crippen LogP contribution < -0.4 is 4.74 Å². The summed E-state index contributed by atoms with van der Waals surface area (Å²) >= 11 is 0. The lowest BCUT2D eigenvalue weighted by Gasteiger charge is -2.08. The molecule has 1 aromatic heterocycles. The molecular weight excluding hydrogens is 265 g/mol. The van der Waals surface area contributed by atoms with Gasteiger partial charge in [0.2, 0.25) is 0 Å². The van der Waals surface area contributed by atoms with Gasteiger partial charge in [0.15, 0.2) is 0 Å². The van der Waals surface area contributed by atoms with E-state index in [0.29, 0.717) is 18.4 Å². The van der Waals surface area contributed by atoms with E-state index in [4.69, 9.17) is 4.74 Å². The first-order chi connectivity index (χ1) is 10.1. The summed E-state index contributed by atoms with van der Waals surface area (Å²) in [5, 5.41) is 1.20. The van der Waals surface area contributed by atoms with E-state index in [-0.39, 0.29) is 5.82 Å². The molecule has 3 aromatic rings. The van der Waals surface area contributed by atoms with E-state index in [0.717, 1.165) is 5.56 Å². The summed E-state index contributed by atoms with van der Waals surface area (Å²) in [6.45, 7) is 4.81. The van der Waals surface area contributed by atoms with Crippen LogP contribution in [0.15, 0.2) is 54.7 Å². The first-order valence-electron chi connectivity index (χ1n) is 7.12. The summed E-state index contributed by atoms with van der Waals surface area (Å²) in [4.78, 5) is 0. The maximum atomic E-state index is 12.9. The van der Waals surface area contributed by atoms with Crippen LogP contribution in [0.4, 0.5) is 4.39 Å². The standard InChI is InChI=1S/C18H18FNO/c1-13(2)20-11-14(17-5-3-4-6-18(17)20)12-21-16-9-7-15(19)8-10-16/h3-11,13H,12H2,1-2H3. The lowest BCUT2D eigenvalue weighted by atomic mass is 10.2. The van der Waals surface area contributed by atoms with Crippen molar-refractivity contribution in [3.05, 3.63) is 66.1 Å². The smallest absolute Gasteiger partial charge is 0.123 e. The third kappa shape index (κ3) is 2.77. The van der Waals surface area contributed by atoms with Gasteiger partial charge in [0.25, 0.3) is 0 Å². The zero-order chi connectivity index (χ0) is 14.8. The molecule has 0 N–H and O–H groups in total. The molecule has 0 unspecified atom stereocenters. The summed E-state index contributed by atoms with van der Waals surface area (Å²) in [7, 11) is 0. The zero-order valence-corrected chi connectivity index (χ0v) is 12.2. The number of hydrogen-bond acceptors (Lipinski definition) is 1. The third-order valence-corrected chi connectivity index (χ3v) is 3.59. The molecular formula is C18H18FNO. The highest BCUT2D eigenvalue weighted by Gasteiger charge is 2.10. The van der Waals surface area contributed by atoms with Gasteiger partial charge in [0.05, 0.1) is 0 Å². The van der Waals surface area contributed by atoms with Crippen LogP contribution >= 0.6 is 0 Å². The van der Waals surface area contributed by atoms with E-state index in [1.165, 1.54) is 23.0 Å². The van der Waals surface area contributed by atoms with Gasteiger partial charge < -0.3 is 9.30 Å². The van der Waals surface area contributed by atoms with E-state index in [1.54, 1.807) is 12.1 Å². The van der Waals surface area contributed by atoms with Crippen molar-refractivity contribution < 1.29 is 9.13 Å². The van der Waals surface area contributed by atoms with Crippen molar-refractivity contribution >= 4 is 10.9 Å². The number of rotatable bonds is 4. The Morgan fingerprint density at radius 2 is 1.76 bits per heavy atom. The van der Waals surface area contributed by atoms with Gasteiger partial charge in [0, 0.05) is 28.7 Å². The molecule has 2 nitrogen and oxygen atoms in total. The predicted octanol–water partition coefficient (Wildman–Crippen LogP) is 4.94. The molecule has 3 heteroatoms. The number of ether oxygens (including phenoxy) is 1. The molecule has 0 saturated carbocycles. The van der Waals surface area contributed by atoms with E-state index >= 15 is 0 Å². The highest BCUT2D eigenvalue weighted by molar-refractivity contribution is 5.84. The van der Waals surface area contributed by atoms with E-state index < -0.39 is 0 Å². The Balaban J connectivity index is 1.88. The van der Waals surface area contributed by atoms with Crippen molar-refractivity contribution in [3.63, 3.8) is 0 Å². The lowest BCUT2D eigenvalue weighted by Crippen LogP contribution is -1.98. The highest BCUT2D eigenvalue weighted by atomic mass is 19.1. The molecule has 2 aromatic carbocycles. The van der Waals surface area contributed by atoms with Gasteiger partial charge >= 0.3 is 0 Å². The van der Waals surface area contributed by atoms with Gasteiger partial charge in [-0.2, -0.15) is 0 Å². The van der Waals surface area contributed by atoms with Crippen molar-refractivity contribution in [2.45, 2.75) is 26.5 Å². The Morgan fingerprint density at radius 1 is 1.05 bits per heavy atom. The lowest BCUT2D eigenvalue weighted by molar-refractivity contribution is 0.306. The highest BCUT2D eigenvalue weighted by Crippen LogP contribution is 2.25. The minimum atomic E-state index is -0.251. The molecule has 0 radical (unpaired) electrons. The van der Waals surface area contributed by atoms with Crippen LogP contribution in [-0.2, 0) is 6.61 Å². The molecule has 0 aliphatic carbocycles. The van der Waals surface area contributed by atoms with Crippen LogP contribution in [0.3, 0.4) is 0 Å². The number of para-hydroxylation sites is 1. The molecule has 0 fully saturated rings. The second-order valence-electron chi connectivity index (χ2n) is 5.42. The first-order valence-corrected chi connectivity index (χ1v) is 7.12. The molecule has 108 valence electrons. The second-order valence-corrected chi connectivity index (χ2v) is 5.42. The number of aromatic nitrogens is 1. The molecule has 3 rings (SSSR count). The van der Waals surface area contributed by atoms with Gasteiger partial charge in [-0.05, 0) is 44.2 Å². The van der Waals surface area contributed by atoms with Crippen LogP contribution in [0.2, 0.25) is 0 Å². The van der Waals surface area contributed by atoms with Crippen LogP contribution in [0.1, 0.15) is 25.5 Å². The number of halogens is 1. The van der Waals surface area contributed by atoms with Crippen molar-refractivity contribution in [2.75, 3.05) is 0 Å². The van der Waals surface area contributed by atoms with Crippen LogP contribution in [0.5, 0.6) is 5.75 Å². The molecule has 0 atom stereocenters. The van der Waals surface area contributed by atoms with Gasteiger partial charge in [-0.25, -0.2) is 4.39 Å². The van der Waals surface area contributed by atoms with Crippen molar-refractivity contribution in [1.29, 1.82) is 0 Å². The normalized spacial score (nSPS) is 11.2. The van der Waals surface area contributed by atoms with E-state index in [1.807, 2.05) is 12.1 Å². The van der Waals surface area contributed by atoms with Gasteiger partial charge in [-0.15, -0.1) is 0 Å². The SMILES string of the molecule is CC(C)n1cc(COc2ccc(F)cc2)c2ccccc21. The summed E-state index contributed by atoms with van der Waals surface area (Å²) in [6, 6.07) is 14.8. The maximum absolute atomic E-state index is 12.9. The Labute approximate surface area is 123 Å². The predicted molar refractivity (Wildman–Crippen MR) is 83.1 cm³/mol. The second kappa shape index (κ2) is 5.60. The topological polar surface area (TPSA) is 14.2 Å². The number of fused-ring (bicyclic) bond motifs is 1. The first kappa shape index (κ1) is 13.7. The fourth-order valence-electron chi connectivity index (χ4n) is 2.51. The molecule has 0 aliphatic rings. The van der Waals surface area contributed by atoms with E-state index in [2.05, 4.69) is 36.7 Å². The number of nitrogens with zero attached hydrogens (tertiary/aromatic N) is 1. The molecule has 0 bridgehead atoms. The monoisotopic (exact) mass is 283 g/mol. The summed E-state index contributed by atoms with van der Waals surface area (Å²) in [5.41, 5.74) is 2.36. The molecule has 1 heterocycles. The van der Waals surface area contributed by atoms with Gasteiger partial charge in [0.1, 0.15) is 18.2 Å². The Bertz CT molecular complexity index is 744. The molecule has 0 saturated heterocycles. The summed E-state index contributed by atoms with van der Waals surface area (Å²) in [6.07, 6.45) is 2.14. The number of hydrogen-bond donors (Lipinski definition) is 0.